The van der Waals surface area contributed by atoms with Crippen molar-refractivity contribution in [1.29, 1.82) is 0 Å². The second-order valence-corrected chi connectivity index (χ2v) is 8.76. The minimum Gasteiger partial charge on any atom is -0.351 e. The van der Waals surface area contributed by atoms with Gasteiger partial charge in [0.1, 0.15) is 0 Å². The molecule has 7 nitrogen and oxygen atoms in total. The molecular weight excluding hydrogens is 446 g/mol. The first-order valence-corrected chi connectivity index (χ1v) is 11.8. The average Bonchev–Trinajstić information content (AvgIpc) is 3.22. The Hall–Kier alpha value is -3.91. The Bertz CT molecular complexity index is 1290. The van der Waals surface area contributed by atoms with E-state index < -0.39 is 0 Å². The highest BCUT2D eigenvalue weighted by Gasteiger charge is 2.13. The highest BCUT2D eigenvalue weighted by Crippen LogP contribution is 2.24. The van der Waals surface area contributed by atoms with E-state index >= 15 is 0 Å². The zero-order valence-corrected chi connectivity index (χ0v) is 19.8. The molecule has 8 heteroatoms. The summed E-state index contributed by atoms with van der Waals surface area (Å²) in [5.74, 6) is 0.720. The fourth-order valence-electron chi connectivity index (χ4n) is 3.36. The third-order valence-corrected chi connectivity index (χ3v) is 6.20. The quantitative estimate of drug-likeness (QED) is 0.371. The van der Waals surface area contributed by atoms with E-state index in [2.05, 4.69) is 20.8 Å². The van der Waals surface area contributed by atoms with E-state index in [1.165, 1.54) is 11.8 Å². The van der Waals surface area contributed by atoms with Crippen LogP contribution in [0.2, 0.25) is 0 Å². The topological polar surface area (TPSA) is 88.9 Å². The molecule has 0 radical (unpaired) electrons. The number of anilines is 1. The third-order valence-electron chi connectivity index (χ3n) is 5.18. The number of hydrogen-bond acceptors (Lipinski definition) is 5. The maximum atomic E-state index is 12.5. The molecule has 2 amide bonds. The monoisotopic (exact) mass is 471 g/mol. The lowest BCUT2D eigenvalue weighted by Gasteiger charge is -2.08. The van der Waals surface area contributed by atoms with Crippen molar-refractivity contribution in [2.75, 3.05) is 11.1 Å². The maximum Gasteiger partial charge on any atom is 0.255 e. The summed E-state index contributed by atoms with van der Waals surface area (Å²) in [6.07, 6.45) is 0. The van der Waals surface area contributed by atoms with E-state index in [0.29, 0.717) is 28.8 Å². The Morgan fingerprint density at radius 2 is 1.71 bits per heavy atom. The first-order valence-electron chi connectivity index (χ1n) is 10.8. The molecule has 0 saturated heterocycles. The van der Waals surface area contributed by atoms with Gasteiger partial charge in [-0.05, 0) is 48.9 Å². The van der Waals surface area contributed by atoms with Gasteiger partial charge in [-0.15, -0.1) is 10.2 Å². The highest BCUT2D eigenvalue weighted by molar-refractivity contribution is 7.99. The minimum absolute atomic E-state index is 0.0629. The molecule has 0 bridgehead atoms. The summed E-state index contributed by atoms with van der Waals surface area (Å²) in [5.41, 5.74) is 4.27. The van der Waals surface area contributed by atoms with Crippen LogP contribution in [0.5, 0.6) is 0 Å². The molecule has 0 aliphatic carbocycles. The molecule has 4 aromatic rings. The predicted molar refractivity (Wildman–Crippen MR) is 135 cm³/mol. The second kappa shape index (κ2) is 10.8. The van der Waals surface area contributed by atoms with Gasteiger partial charge in [0.15, 0.2) is 11.0 Å². The van der Waals surface area contributed by atoms with Crippen molar-refractivity contribution in [3.05, 3.63) is 95.6 Å². The van der Waals surface area contributed by atoms with E-state index in [1.807, 2.05) is 91.3 Å². The molecule has 0 aliphatic rings. The van der Waals surface area contributed by atoms with Crippen LogP contribution in [0.4, 0.5) is 5.69 Å². The van der Waals surface area contributed by atoms with E-state index in [9.17, 15) is 9.59 Å². The first kappa shape index (κ1) is 23.3. The Balaban J connectivity index is 1.33. The summed E-state index contributed by atoms with van der Waals surface area (Å²) in [7, 11) is 1.87. The normalized spacial score (nSPS) is 10.6. The van der Waals surface area contributed by atoms with Crippen LogP contribution in [-0.2, 0) is 18.4 Å². The van der Waals surface area contributed by atoms with Crippen molar-refractivity contribution in [3.8, 4) is 11.4 Å². The molecule has 4 rings (SSSR count). The van der Waals surface area contributed by atoms with Crippen LogP contribution in [0.25, 0.3) is 11.4 Å². The number of nitrogens with one attached hydrogen (secondary N) is 2. The predicted octanol–water partition coefficient (Wildman–Crippen LogP) is 4.45. The van der Waals surface area contributed by atoms with Gasteiger partial charge in [-0.1, -0.05) is 59.8 Å². The first-order chi connectivity index (χ1) is 16.5. The molecule has 3 aromatic carbocycles. The molecule has 172 valence electrons. The smallest absolute Gasteiger partial charge is 0.255 e. The number of nitrogens with zero attached hydrogens (tertiary/aromatic N) is 3. The number of aryl methyl sites for hydroxylation is 1. The Morgan fingerprint density at radius 1 is 0.941 bits per heavy atom. The minimum atomic E-state index is -0.153. The fraction of sp³-hybridized carbons (Fsp3) is 0.154. The Morgan fingerprint density at radius 3 is 2.44 bits per heavy atom. The molecule has 2 N–H and O–H groups in total. The van der Waals surface area contributed by atoms with Crippen molar-refractivity contribution in [2.24, 2.45) is 7.05 Å². The summed E-state index contributed by atoms with van der Waals surface area (Å²) < 4.78 is 1.86. The number of carbonyl (C=O) groups excluding carboxylic acids is 2. The van der Waals surface area contributed by atoms with Crippen LogP contribution in [0.3, 0.4) is 0 Å². The van der Waals surface area contributed by atoms with Crippen LogP contribution in [0, 0.1) is 6.92 Å². The van der Waals surface area contributed by atoms with Crippen molar-refractivity contribution >= 4 is 29.3 Å². The molecule has 0 unspecified atom stereocenters. The van der Waals surface area contributed by atoms with E-state index in [4.69, 9.17) is 0 Å². The summed E-state index contributed by atoms with van der Waals surface area (Å²) >= 11 is 1.34. The lowest BCUT2D eigenvalue weighted by atomic mass is 10.1. The van der Waals surface area contributed by atoms with Gasteiger partial charge in [-0.2, -0.15) is 0 Å². The number of benzene rings is 3. The van der Waals surface area contributed by atoms with Gasteiger partial charge >= 0.3 is 0 Å². The molecule has 1 heterocycles. The van der Waals surface area contributed by atoms with Crippen LogP contribution in [-0.4, -0.2) is 32.3 Å². The highest BCUT2D eigenvalue weighted by atomic mass is 32.2. The number of aromatic nitrogens is 3. The molecular formula is C26H25N5O2S. The lowest BCUT2D eigenvalue weighted by molar-refractivity contribution is -0.118. The van der Waals surface area contributed by atoms with Crippen molar-refractivity contribution in [3.63, 3.8) is 0 Å². The van der Waals surface area contributed by atoms with Crippen LogP contribution in [0.15, 0.2) is 84.0 Å². The molecule has 0 spiro atoms. The maximum absolute atomic E-state index is 12.5. The molecule has 0 fully saturated rings. The number of thioether (sulfide) groups is 1. The van der Waals surface area contributed by atoms with Gasteiger partial charge in [0.25, 0.3) is 5.91 Å². The SMILES string of the molecule is Cc1cccc(C(=O)Nc2ccc(-c3nnc(SCC(=O)NCc4ccccc4)n3C)cc2)c1. The van der Waals surface area contributed by atoms with Crippen LogP contribution >= 0.6 is 11.8 Å². The van der Waals surface area contributed by atoms with Gasteiger partial charge in [-0.25, -0.2) is 0 Å². The summed E-state index contributed by atoms with van der Waals surface area (Å²) in [6, 6.07) is 24.7. The molecule has 1 aromatic heterocycles. The summed E-state index contributed by atoms with van der Waals surface area (Å²) in [5, 5.41) is 15.0. The summed E-state index contributed by atoms with van der Waals surface area (Å²) in [6.45, 7) is 2.45. The van der Waals surface area contributed by atoms with Gasteiger partial charge in [0, 0.05) is 30.4 Å². The van der Waals surface area contributed by atoms with E-state index in [-0.39, 0.29) is 17.6 Å². The Labute approximate surface area is 202 Å². The lowest BCUT2D eigenvalue weighted by Crippen LogP contribution is -2.24. The second-order valence-electron chi connectivity index (χ2n) is 7.82. The number of hydrogen-bond donors (Lipinski definition) is 2. The zero-order chi connectivity index (χ0) is 23.9. The summed E-state index contributed by atoms with van der Waals surface area (Å²) in [4.78, 5) is 24.7. The molecule has 34 heavy (non-hydrogen) atoms. The van der Waals surface area contributed by atoms with Crippen molar-refractivity contribution in [2.45, 2.75) is 18.6 Å². The van der Waals surface area contributed by atoms with Gasteiger partial charge in [0.05, 0.1) is 5.75 Å². The Kier molecular flexibility index (Phi) is 7.39. The van der Waals surface area contributed by atoms with Crippen molar-refractivity contribution < 1.29 is 9.59 Å². The number of rotatable bonds is 8. The molecule has 0 atom stereocenters. The molecule has 0 saturated carbocycles. The molecule has 0 aliphatic heterocycles. The number of amides is 2. The fourth-order valence-corrected chi connectivity index (χ4v) is 4.10. The standard InChI is InChI=1S/C26H25N5O2S/c1-18-7-6-10-21(15-18)25(33)28-22-13-11-20(12-14-22)24-29-30-26(31(24)2)34-17-23(32)27-16-19-8-4-3-5-9-19/h3-15H,16-17H2,1-2H3,(H,27,32)(H,28,33). The zero-order valence-electron chi connectivity index (χ0n) is 19.0. The average molecular weight is 472 g/mol. The van der Waals surface area contributed by atoms with Crippen LogP contribution in [0.1, 0.15) is 21.5 Å². The number of carbonyl (C=O) groups is 2. The van der Waals surface area contributed by atoms with Gasteiger partial charge < -0.3 is 15.2 Å². The largest absolute Gasteiger partial charge is 0.351 e. The third kappa shape index (κ3) is 5.90. The van der Waals surface area contributed by atoms with Crippen molar-refractivity contribution in [1.82, 2.24) is 20.1 Å². The van der Waals surface area contributed by atoms with Crippen LogP contribution < -0.4 is 10.6 Å². The van der Waals surface area contributed by atoms with E-state index in [1.54, 1.807) is 6.07 Å². The van der Waals surface area contributed by atoms with Gasteiger partial charge in [0.2, 0.25) is 5.91 Å². The van der Waals surface area contributed by atoms with E-state index in [0.717, 1.165) is 16.7 Å². The van der Waals surface area contributed by atoms with Gasteiger partial charge in [-0.3, -0.25) is 9.59 Å².